The minimum atomic E-state index is -0.359. The molecule has 0 aliphatic carbocycles. The third kappa shape index (κ3) is 6.61. The molecule has 0 saturated heterocycles. The van der Waals surface area contributed by atoms with E-state index in [9.17, 15) is 9.59 Å². The Morgan fingerprint density at radius 2 is 1.95 bits per heavy atom. The van der Waals surface area contributed by atoms with Crippen molar-refractivity contribution in [1.82, 2.24) is 4.90 Å². The molecule has 0 atom stereocenters. The minimum Gasteiger partial charge on any atom is -0.465 e. The van der Waals surface area contributed by atoms with E-state index in [-0.39, 0.29) is 18.4 Å². The minimum absolute atomic E-state index is 0.0216. The summed E-state index contributed by atoms with van der Waals surface area (Å²) in [4.78, 5) is 25.7. The zero-order valence-corrected chi connectivity index (χ0v) is 12.8. The molecule has 0 bridgehead atoms. The highest BCUT2D eigenvalue weighted by Crippen LogP contribution is 2.18. The van der Waals surface area contributed by atoms with E-state index in [0.717, 1.165) is 12.2 Å². The molecule has 1 aromatic carbocycles. The molecule has 0 aliphatic heterocycles. The molecule has 1 amide bonds. The van der Waals surface area contributed by atoms with Crippen molar-refractivity contribution in [3.05, 3.63) is 30.3 Å². The lowest BCUT2D eigenvalue weighted by Gasteiger charge is -2.15. The van der Waals surface area contributed by atoms with Gasteiger partial charge in [0.05, 0.1) is 6.61 Å². The monoisotopic (exact) mass is 295 g/mol. The highest BCUT2D eigenvalue weighted by Gasteiger charge is 2.12. The molecular formula is C15H21NO3S. The Hall–Kier alpha value is -1.49. The van der Waals surface area contributed by atoms with E-state index >= 15 is 0 Å². The van der Waals surface area contributed by atoms with Gasteiger partial charge >= 0.3 is 5.97 Å². The molecule has 110 valence electrons. The number of esters is 1. The van der Waals surface area contributed by atoms with Crippen molar-refractivity contribution >= 4 is 23.6 Å². The average Bonchev–Trinajstić information content (AvgIpc) is 2.44. The molecule has 1 rings (SSSR count). The number of carbonyl (C=O) groups excluding carboxylic acids is 2. The van der Waals surface area contributed by atoms with Crippen LogP contribution in [-0.2, 0) is 14.3 Å². The van der Waals surface area contributed by atoms with Crippen LogP contribution in [-0.4, -0.2) is 42.7 Å². The summed E-state index contributed by atoms with van der Waals surface area (Å²) < 4.78 is 4.81. The van der Waals surface area contributed by atoms with Gasteiger partial charge in [-0.2, -0.15) is 0 Å². The first-order valence-corrected chi connectivity index (χ1v) is 7.69. The van der Waals surface area contributed by atoms with Crippen LogP contribution in [0.5, 0.6) is 0 Å². The van der Waals surface area contributed by atoms with E-state index in [4.69, 9.17) is 4.74 Å². The molecule has 0 unspecified atom stereocenters. The quantitative estimate of drug-likeness (QED) is 0.420. The number of amides is 1. The number of thioether (sulfide) groups is 1. The molecule has 0 spiro atoms. The fourth-order valence-corrected chi connectivity index (χ4v) is 2.48. The predicted octanol–water partition coefficient (Wildman–Crippen LogP) is 2.58. The van der Waals surface area contributed by atoms with Crippen molar-refractivity contribution in [1.29, 1.82) is 0 Å². The molecule has 0 aliphatic rings. The molecule has 0 fully saturated rings. The third-order valence-corrected chi connectivity index (χ3v) is 3.74. The highest BCUT2D eigenvalue weighted by molar-refractivity contribution is 7.99. The molecule has 1 aromatic rings. The molecule has 0 N–H and O–H groups in total. The second-order valence-corrected chi connectivity index (χ2v) is 5.49. The second kappa shape index (κ2) is 9.42. The van der Waals surface area contributed by atoms with Gasteiger partial charge in [-0.05, 0) is 31.2 Å². The van der Waals surface area contributed by atoms with Crippen molar-refractivity contribution in [2.75, 3.05) is 26.0 Å². The number of carbonyl (C=O) groups is 2. The van der Waals surface area contributed by atoms with E-state index < -0.39 is 0 Å². The van der Waals surface area contributed by atoms with Gasteiger partial charge in [0.2, 0.25) is 5.91 Å². The van der Waals surface area contributed by atoms with Gasteiger partial charge in [-0.3, -0.25) is 9.59 Å². The summed E-state index contributed by atoms with van der Waals surface area (Å²) >= 11 is 1.73. The van der Waals surface area contributed by atoms with Crippen LogP contribution in [0.1, 0.15) is 19.8 Å². The molecular weight excluding hydrogens is 274 g/mol. The summed E-state index contributed by atoms with van der Waals surface area (Å²) in [6.07, 6.45) is 1.25. The van der Waals surface area contributed by atoms with Gasteiger partial charge in [0, 0.05) is 18.4 Å². The van der Waals surface area contributed by atoms with Gasteiger partial charge < -0.3 is 9.64 Å². The lowest BCUT2D eigenvalue weighted by Crippen LogP contribution is -2.32. The van der Waals surface area contributed by atoms with Gasteiger partial charge in [-0.1, -0.05) is 18.2 Å². The summed E-state index contributed by atoms with van der Waals surface area (Å²) in [5, 5.41) is 0. The van der Waals surface area contributed by atoms with Crippen LogP contribution < -0.4 is 0 Å². The van der Waals surface area contributed by atoms with Crippen molar-refractivity contribution in [3.8, 4) is 0 Å². The molecule has 20 heavy (non-hydrogen) atoms. The Kier molecular flexibility index (Phi) is 7.80. The number of hydrogen-bond donors (Lipinski definition) is 0. The first-order chi connectivity index (χ1) is 9.63. The lowest BCUT2D eigenvalue weighted by molar-refractivity contribution is -0.148. The number of nitrogens with zero attached hydrogens (tertiary/aromatic N) is 1. The molecule has 0 aromatic heterocycles. The number of ether oxygens (including phenoxy) is 1. The van der Waals surface area contributed by atoms with E-state index in [2.05, 4.69) is 12.1 Å². The average molecular weight is 295 g/mol. The van der Waals surface area contributed by atoms with E-state index in [0.29, 0.717) is 13.0 Å². The lowest BCUT2D eigenvalue weighted by atomic mass is 10.3. The van der Waals surface area contributed by atoms with Crippen LogP contribution in [0.4, 0.5) is 0 Å². The van der Waals surface area contributed by atoms with Crippen molar-refractivity contribution in [3.63, 3.8) is 0 Å². The number of likely N-dealkylation sites (N-methyl/N-ethyl adjacent to an activating group) is 1. The summed E-state index contributed by atoms with van der Waals surface area (Å²) in [6.45, 7) is 2.12. The molecule has 0 saturated carbocycles. The van der Waals surface area contributed by atoms with E-state index in [1.807, 2.05) is 18.2 Å². The Balaban J connectivity index is 2.17. The number of rotatable bonds is 8. The van der Waals surface area contributed by atoms with Crippen LogP contribution in [0.3, 0.4) is 0 Å². The molecule has 5 heteroatoms. The Labute approximate surface area is 124 Å². The normalized spacial score (nSPS) is 10.1. The maximum Gasteiger partial charge on any atom is 0.325 e. The van der Waals surface area contributed by atoms with Gasteiger partial charge in [0.1, 0.15) is 6.54 Å². The maximum atomic E-state index is 11.8. The van der Waals surface area contributed by atoms with Gasteiger partial charge in [0.25, 0.3) is 0 Å². The van der Waals surface area contributed by atoms with E-state index in [1.54, 1.807) is 25.7 Å². The second-order valence-electron chi connectivity index (χ2n) is 4.32. The summed E-state index contributed by atoms with van der Waals surface area (Å²) in [6, 6.07) is 10.1. The van der Waals surface area contributed by atoms with Gasteiger partial charge in [-0.15, -0.1) is 11.8 Å². The standard InChI is InChI=1S/C15H21NO3S/c1-3-19-15(18)12-16(2)14(17)10-7-11-20-13-8-5-4-6-9-13/h4-6,8-9H,3,7,10-12H2,1-2H3. The van der Waals surface area contributed by atoms with Gasteiger partial charge in [-0.25, -0.2) is 0 Å². The molecule has 0 radical (unpaired) electrons. The van der Waals surface area contributed by atoms with Crippen molar-refractivity contribution < 1.29 is 14.3 Å². The topological polar surface area (TPSA) is 46.6 Å². The van der Waals surface area contributed by atoms with Crippen molar-refractivity contribution in [2.24, 2.45) is 0 Å². The smallest absolute Gasteiger partial charge is 0.325 e. The van der Waals surface area contributed by atoms with Crippen LogP contribution in [0.15, 0.2) is 35.2 Å². The SMILES string of the molecule is CCOC(=O)CN(C)C(=O)CCCSc1ccccc1. The van der Waals surface area contributed by atoms with Crippen LogP contribution >= 0.6 is 11.8 Å². The maximum absolute atomic E-state index is 11.8. The molecule has 0 heterocycles. The van der Waals surface area contributed by atoms with Gasteiger partial charge in [0.15, 0.2) is 0 Å². The van der Waals surface area contributed by atoms with E-state index in [1.165, 1.54) is 9.80 Å². The van der Waals surface area contributed by atoms with Crippen LogP contribution in [0.2, 0.25) is 0 Å². The predicted molar refractivity (Wildman–Crippen MR) is 80.7 cm³/mol. The summed E-state index contributed by atoms with van der Waals surface area (Å²) in [5.74, 6) is 0.511. The third-order valence-electron chi connectivity index (χ3n) is 2.64. The Bertz CT molecular complexity index is 422. The first kappa shape index (κ1) is 16.6. The Morgan fingerprint density at radius 1 is 1.25 bits per heavy atom. The van der Waals surface area contributed by atoms with Crippen LogP contribution in [0.25, 0.3) is 0 Å². The molecule has 4 nitrogen and oxygen atoms in total. The Morgan fingerprint density at radius 3 is 2.60 bits per heavy atom. The zero-order chi connectivity index (χ0) is 14.8. The number of benzene rings is 1. The summed E-state index contributed by atoms with van der Waals surface area (Å²) in [5.41, 5.74) is 0. The fraction of sp³-hybridized carbons (Fsp3) is 0.467. The number of hydrogen-bond acceptors (Lipinski definition) is 4. The fourth-order valence-electron chi connectivity index (χ4n) is 1.61. The van der Waals surface area contributed by atoms with Crippen LogP contribution in [0, 0.1) is 0 Å². The largest absolute Gasteiger partial charge is 0.465 e. The van der Waals surface area contributed by atoms with Crippen molar-refractivity contribution in [2.45, 2.75) is 24.7 Å². The first-order valence-electron chi connectivity index (χ1n) is 6.71. The zero-order valence-electron chi connectivity index (χ0n) is 12.0. The highest BCUT2D eigenvalue weighted by atomic mass is 32.2. The summed E-state index contributed by atoms with van der Waals surface area (Å²) in [7, 11) is 1.63.